The second-order valence-electron chi connectivity index (χ2n) is 5.22. The smallest absolute Gasteiger partial charge is 0.253 e. The predicted octanol–water partition coefficient (Wildman–Crippen LogP) is 2.02. The Hall–Kier alpha value is -1.71. The molecule has 1 aliphatic rings. The fraction of sp³-hybridized carbons (Fsp3) is 0.500. The van der Waals surface area contributed by atoms with Gasteiger partial charge in [-0.15, -0.1) is 0 Å². The zero-order valence-corrected chi connectivity index (χ0v) is 10.8. The van der Waals surface area contributed by atoms with Crippen LogP contribution in [0.15, 0.2) is 18.2 Å². The molecule has 0 saturated heterocycles. The Kier molecular flexibility index (Phi) is 3.75. The lowest BCUT2D eigenvalue weighted by Crippen LogP contribution is -2.30. The first-order valence-corrected chi connectivity index (χ1v) is 6.51. The number of nitrogens with two attached hydrogens (primary N) is 2. The quantitative estimate of drug-likeness (QED) is 0.715. The molecule has 2 atom stereocenters. The van der Waals surface area contributed by atoms with Gasteiger partial charge in [0.15, 0.2) is 0 Å². The number of amides is 1. The average Bonchev–Trinajstić information content (AvgIpc) is 2.72. The first kappa shape index (κ1) is 12.7. The Morgan fingerprint density at radius 2 is 2.17 bits per heavy atom. The van der Waals surface area contributed by atoms with E-state index in [4.69, 9.17) is 11.5 Å². The summed E-state index contributed by atoms with van der Waals surface area (Å²) in [6.45, 7) is 2.99. The van der Waals surface area contributed by atoms with Gasteiger partial charge in [-0.3, -0.25) is 4.79 Å². The van der Waals surface area contributed by atoms with Crippen LogP contribution < -0.4 is 16.8 Å². The normalized spacial score (nSPS) is 22.9. The van der Waals surface area contributed by atoms with Gasteiger partial charge in [0.05, 0.1) is 5.56 Å². The Bertz CT molecular complexity index is 445. The Morgan fingerprint density at radius 3 is 2.78 bits per heavy atom. The lowest BCUT2D eigenvalue weighted by atomic mass is 9.98. The van der Waals surface area contributed by atoms with Crippen molar-refractivity contribution in [1.29, 1.82) is 0 Å². The highest BCUT2D eigenvalue weighted by Gasteiger charge is 2.23. The molecule has 2 rings (SSSR count). The highest BCUT2D eigenvalue weighted by Crippen LogP contribution is 2.30. The van der Waals surface area contributed by atoms with Crippen LogP contribution in [0.5, 0.6) is 0 Å². The van der Waals surface area contributed by atoms with Crippen molar-refractivity contribution < 1.29 is 4.79 Å². The minimum Gasteiger partial charge on any atom is -0.399 e. The maximum absolute atomic E-state index is 12.0. The summed E-state index contributed by atoms with van der Waals surface area (Å²) in [6, 6.07) is 4.99. The molecule has 1 saturated carbocycles. The van der Waals surface area contributed by atoms with Crippen LogP contribution in [-0.2, 0) is 0 Å². The lowest BCUT2D eigenvalue weighted by molar-refractivity contribution is 0.0945. The van der Waals surface area contributed by atoms with Crippen LogP contribution in [0, 0.1) is 11.8 Å². The molecule has 0 radical (unpaired) electrons. The second-order valence-corrected chi connectivity index (χ2v) is 5.22. The number of rotatable bonds is 3. The van der Waals surface area contributed by atoms with Crippen molar-refractivity contribution >= 4 is 17.3 Å². The summed E-state index contributed by atoms with van der Waals surface area (Å²) in [5.41, 5.74) is 12.9. The number of hydrogen-bond donors (Lipinski definition) is 3. The molecule has 0 aliphatic heterocycles. The molecule has 0 aromatic heterocycles. The van der Waals surface area contributed by atoms with Gasteiger partial charge in [-0.2, -0.15) is 0 Å². The van der Waals surface area contributed by atoms with Gasteiger partial charge in [0.1, 0.15) is 0 Å². The highest BCUT2D eigenvalue weighted by atomic mass is 16.1. The Labute approximate surface area is 108 Å². The molecule has 1 amide bonds. The molecular weight excluding hydrogens is 226 g/mol. The molecule has 5 N–H and O–H groups in total. The van der Waals surface area contributed by atoms with E-state index in [1.165, 1.54) is 19.3 Å². The Balaban J connectivity index is 1.95. The minimum atomic E-state index is -0.105. The van der Waals surface area contributed by atoms with Crippen LogP contribution in [-0.4, -0.2) is 12.5 Å². The van der Waals surface area contributed by atoms with Crippen LogP contribution >= 0.6 is 0 Å². The number of benzene rings is 1. The fourth-order valence-corrected chi connectivity index (χ4v) is 2.63. The van der Waals surface area contributed by atoms with E-state index in [2.05, 4.69) is 12.2 Å². The molecule has 1 aromatic carbocycles. The standard InChI is InChI=1S/C14H21N3O/c1-9-3-2-4-10(9)8-17-14(18)12-6-5-11(15)7-13(12)16/h5-7,9-10H,2-4,8,15-16H2,1H3,(H,17,18). The number of carbonyl (C=O) groups is 1. The summed E-state index contributed by atoms with van der Waals surface area (Å²) in [5, 5.41) is 2.97. The van der Waals surface area contributed by atoms with Gasteiger partial charge in [0.25, 0.3) is 5.91 Å². The third kappa shape index (κ3) is 2.75. The highest BCUT2D eigenvalue weighted by molar-refractivity contribution is 5.99. The zero-order valence-electron chi connectivity index (χ0n) is 10.8. The van der Waals surface area contributed by atoms with E-state index in [1.807, 2.05) is 0 Å². The molecule has 1 aliphatic carbocycles. The number of nitrogen functional groups attached to an aromatic ring is 2. The molecule has 1 aromatic rings. The zero-order chi connectivity index (χ0) is 13.1. The second kappa shape index (κ2) is 5.29. The summed E-state index contributed by atoms with van der Waals surface area (Å²) < 4.78 is 0. The molecule has 2 unspecified atom stereocenters. The number of anilines is 2. The van der Waals surface area contributed by atoms with Gasteiger partial charge >= 0.3 is 0 Å². The van der Waals surface area contributed by atoms with E-state index in [9.17, 15) is 4.79 Å². The first-order chi connectivity index (χ1) is 8.58. The van der Waals surface area contributed by atoms with Crippen molar-refractivity contribution in [2.45, 2.75) is 26.2 Å². The maximum Gasteiger partial charge on any atom is 0.253 e. The molecule has 0 heterocycles. The predicted molar refractivity (Wildman–Crippen MR) is 74.1 cm³/mol. The molecule has 98 valence electrons. The van der Waals surface area contributed by atoms with E-state index < -0.39 is 0 Å². The fourth-order valence-electron chi connectivity index (χ4n) is 2.63. The van der Waals surface area contributed by atoms with E-state index in [-0.39, 0.29) is 5.91 Å². The molecule has 18 heavy (non-hydrogen) atoms. The van der Waals surface area contributed by atoms with Gasteiger partial charge < -0.3 is 16.8 Å². The summed E-state index contributed by atoms with van der Waals surface area (Å²) in [5.74, 6) is 1.20. The van der Waals surface area contributed by atoms with Crippen LogP contribution in [0.3, 0.4) is 0 Å². The maximum atomic E-state index is 12.0. The number of carbonyl (C=O) groups excluding carboxylic acids is 1. The topological polar surface area (TPSA) is 81.1 Å². The molecule has 1 fully saturated rings. The largest absolute Gasteiger partial charge is 0.399 e. The van der Waals surface area contributed by atoms with Crippen molar-refractivity contribution in [2.24, 2.45) is 11.8 Å². The minimum absolute atomic E-state index is 0.105. The number of hydrogen-bond acceptors (Lipinski definition) is 3. The third-order valence-corrected chi connectivity index (χ3v) is 3.88. The van der Waals surface area contributed by atoms with E-state index >= 15 is 0 Å². The molecule has 4 heteroatoms. The van der Waals surface area contributed by atoms with E-state index in [0.717, 1.165) is 6.54 Å². The van der Waals surface area contributed by atoms with Gasteiger partial charge in [-0.25, -0.2) is 0 Å². The first-order valence-electron chi connectivity index (χ1n) is 6.51. The number of nitrogens with one attached hydrogen (secondary N) is 1. The van der Waals surface area contributed by atoms with Crippen molar-refractivity contribution in [2.75, 3.05) is 18.0 Å². The summed E-state index contributed by atoms with van der Waals surface area (Å²) in [7, 11) is 0. The molecular formula is C14H21N3O. The van der Waals surface area contributed by atoms with Crippen LogP contribution in [0.4, 0.5) is 11.4 Å². The van der Waals surface area contributed by atoms with Crippen molar-refractivity contribution in [1.82, 2.24) is 5.32 Å². The average molecular weight is 247 g/mol. The van der Waals surface area contributed by atoms with Crippen LogP contribution in [0.25, 0.3) is 0 Å². The van der Waals surface area contributed by atoms with Crippen molar-refractivity contribution in [3.8, 4) is 0 Å². The third-order valence-electron chi connectivity index (χ3n) is 3.88. The Morgan fingerprint density at radius 1 is 1.39 bits per heavy atom. The summed E-state index contributed by atoms with van der Waals surface area (Å²) in [4.78, 5) is 12.0. The van der Waals surface area contributed by atoms with Gasteiger partial charge in [-0.05, 0) is 36.5 Å². The molecule has 0 spiro atoms. The van der Waals surface area contributed by atoms with Crippen LogP contribution in [0.2, 0.25) is 0 Å². The molecule has 0 bridgehead atoms. The SMILES string of the molecule is CC1CCCC1CNC(=O)c1ccc(N)cc1N. The van der Waals surface area contributed by atoms with E-state index in [1.54, 1.807) is 18.2 Å². The summed E-state index contributed by atoms with van der Waals surface area (Å²) in [6.07, 6.45) is 3.74. The van der Waals surface area contributed by atoms with Gasteiger partial charge in [0.2, 0.25) is 0 Å². The monoisotopic (exact) mass is 247 g/mol. The van der Waals surface area contributed by atoms with Crippen LogP contribution in [0.1, 0.15) is 36.5 Å². The van der Waals surface area contributed by atoms with Gasteiger partial charge in [-0.1, -0.05) is 19.8 Å². The van der Waals surface area contributed by atoms with Crippen molar-refractivity contribution in [3.05, 3.63) is 23.8 Å². The van der Waals surface area contributed by atoms with Gasteiger partial charge in [0, 0.05) is 17.9 Å². The lowest BCUT2D eigenvalue weighted by Gasteiger charge is -2.16. The van der Waals surface area contributed by atoms with E-state index in [0.29, 0.717) is 28.8 Å². The summed E-state index contributed by atoms with van der Waals surface area (Å²) >= 11 is 0. The molecule has 4 nitrogen and oxygen atoms in total. The van der Waals surface area contributed by atoms with Crippen molar-refractivity contribution in [3.63, 3.8) is 0 Å².